The average molecular weight is 320 g/mol. The number of hydrogen-bond acceptors (Lipinski definition) is 3. The number of aryl methyl sites for hydroxylation is 1. The van der Waals surface area contributed by atoms with E-state index in [9.17, 15) is 4.79 Å². The van der Waals surface area contributed by atoms with Gasteiger partial charge in [0.25, 0.3) is 5.91 Å². The van der Waals surface area contributed by atoms with Crippen LogP contribution in [0.25, 0.3) is 0 Å². The number of anilines is 1. The van der Waals surface area contributed by atoms with Crippen LogP contribution >= 0.6 is 15.9 Å². The Morgan fingerprint density at radius 3 is 2.89 bits per heavy atom. The molecule has 2 rings (SSSR count). The first-order chi connectivity index (χ1) is 9.08. The highest BCUT2D eigenvalue weighted by atomic mass is 79.9. The number of carbonyl (C=O) groups excluding carboxylic acids is 1. The van der Waals surface area contributed by atoms with Crippen LogP contribution < -0.4 is 11.1 Å². The van der Waals surface area contributed by atoms with Crippen molar-refractivity contribution in [2.75, 3.05) is 5.73 Å². The summed E-state index contributed by atoms with van der Waals surface area (Å²) in [6.45, 7) is 2.37. The van der Waals surface area contributed by atoms with Crippen molar-refractivity contribution in [3.8, 4) is 0 Å². The minimum atomic E-state index is -0.163. The SMILES string of the molecule is Cc1cccnc1CNC(=O)c1ccc(Br)c(N)c1. The first-order valence-corrected chi connectivity index (χ1v) is 6.61. The molecule has 0 aliphatic carbocycles. The van der Waals surface area contributed by atoms with Gasteiger partial charge in [0, 0.05) is 21.9 Å². The highest BCUT2D eigenvalue weighted by Crippen LogP contribution is 2.20. The van der Waals surface area contributed by atoms with Crippen molar-refractivity contribution in [2.24, 2.45) is 0 Å². The van der Waals surface area contributed by atoms with Crippen LogP contribution in [0.2, 0.25) is 0 Å². The molecule has 0 aliphatic heterocycles. The summed E-state index contributed by atoms with van der Waals surface area (Å²) >= 11 is 3.30. The molecule has 3 N–H and O–H groups in total. The van der Waals surface area contributed by atoms with Gasteiger partial charge in [0.1, 0.15) is 0 Å². The van der Waals surface area contributed by atoms with E-state index in [2.05, 4.69) is 26.2 Å². The molecule has 4 nitrogen and oxygen atoms in total. The van der Waals surface area contributed by atoms with Crippen molar-refractivity contribution in [1.82, 2.24) is 10.3 Å². The van der Waals surface area contributed by atoms with E-state index in [0.717, 1.165) is 15.7 Å². The summed E-state index contributed by atoms with van der Waals surface area (Å²) in [5.74, 6) is -0.163. The van der Waals surface area contributed by atoms with E-state index >= 15 is 0 Å². The lowest BCUT2D eigenvalue weighted by atomic mass is 10.2. The molecule has 0 fully saturated rings. The molecule has 5 heteroatoms. The summed E-state index contributed by atoms with van der Waals surface area (Å²) < 4.78 is 0.782. The Morgan fingerprint density at radius 1 is 1.42 bits per heavy atom. The maximum Gasteiger partial charge on any atom is 0.251 e. The summed E-state index contributed by atoms with van der Waals surface area (Å²) in [4.78, 5) is 16.2. The van der Waals surface area contributed by atoms with Crippen molar-refractivity contribution in [2.45, 2.75) is 13.5 Å². The number of nitrogens with two attached hydrogens (primary N) is 1. The summed E-state index contributed by atoms with van der Waals surface area (Å²) in [5, 5.41) is 2.83. The molecule has 0 bridgehead atoms. The number of halogens is 1. The third kappa shape index (κ3) is 3.32. The maximum absolute atomic E-state index is 12.0. The van der Waals surface area contributed by atoms with Crippen LogP contribution in [0.5, 0.6) is 0 Å². The summed E-state index contributed by atoms with van der Waals surface area (Å²) in [5.41, 5.74) is 8.75. The summed E-state index contributed by atoms with van der Waals surface area (Å²) in [6, 6.07) is 8.96. The quantitative estimate of drug-likeness (QED) is 0.855. The van der Waals surface area contributed by atoms with E-state index in [0.29, 0.717) is 17.8 Å². The molecule has 0 saturated heterocycles. The number of carbonyl (C=O) groups is 1. The van der Waals surface area contributed by atoms with E-state index in [1.54, 1.807) is 24.4 Å². The van der Waals surface area contributed by atoms with Crippen molar-refractivity contribution in [1.29, 1.82) is 0 Å². The molecule has 1 aromatic heterocycles. The predicted octanol–water partition coefficient (Wildman–Crippen LogP) is 2.66. The van der Waals surface area contributed by atoms with Crippen LogP contribution in [0.4, 0.5) is 5.69 Å². The minimum Gasteiger partial charge on any atom is -0.398 e. The Bertz CT molecular complexity index is 613. The minimum absolute atomic E-state index is 0.163. The van der Waals surface area contributed by atoms with Gasteiger partial charge in [-0.25, -0.2) is 0 Å². The molecule has 19 heavy (non-hydrogen) atoms. The van der Waals surface area contributed by atoms with Gasteiger partial charge < -0.3 is 11.1 Å². The molecule has 0 radical (unpaired) electrons. The molecule has 98 valence electrons. The van der Waals surface area contributed by atoms with Crippen molar-refractivity contribution in [3.63, 3.8) is 0 Å². The number of pyridine rings is 1. The number of nitrogen functional groups attached to an aromatic ring is 1. The van der Waals surface area contributed by atoms with Gasteiger partial charge in [0.05, 0.1) is 12.2 Å². The molecule has 2 aromatic rings. The molecular weight excluding hydrogens is 306 g/mol. The van der Waals surface area contributed by atoms with E-state index in [1.807, 2.05) is 19.1 Å². The molecule has 0 saturated carbocycles. The Hall–Kier alpha value is -1.88. The highest BCUT2D eigenvalue weighted by molar-refractivity contribution is 9.10. The Labute approximate surface area is 120 Å². The molecule has 0 atom stereocenters. The largest absolute Gasteiger partial charge is 0.398 e. The fraction of sp³-hybridized carbons (Fsp3) is 0.143. The molecule has 0 unspecified atom stereocenters. The van der Waals surface area contributed by atoms with Crippen LogP contribution in [-0.2, 0) is 6.54 Å². The second-order valence-corrected chi connectivity index (χ2v) is 5.04. The Morgan fingerprint density at radius 2 is 2.21 bits per heavy atom. The normalized spacial score (nSPS) is 10.2. The number of hydrogen-bond donors (Lipinski definition) is 2. The number of nitrogens with zero attached hydrogens (tertiary/aromatic N) is 1. The standard InChI is InChI=1S/C14H14BrN3O/c1-9-3-2-6-17-13(9)8-18-14(19)10-4-5-11(15)12(16)7-10/h2-7H,8,16H2,1H3,(H,18,19). The second-order valence-electron chi connectivity index (χ2n) is 4.19. The first kappa shape index (κ1) is 13.5. The zero-order chi connectivity index (χ0) is 13.8. The van der Waals surface area contributed by atoms with E-state index < -0.39 is 0 Å². The smallest absolute Gasteiger partial charge is 0.251 e. The second kappa shape index (κ2) is 5.84. The molecule has 1 aromatic carbocycles. The first-order valence-electron chi connectivity index (χ1n) is 5.81. The van der Waals surface area contributed by atoms with Gasteiger partial charge in [-0.05, 0) is 52.7 Å². The van der Waals surface area contributed by atoms with Crippen LogP contribution in [0.1, 0.15) is 21.6 Å². The average Bonchev–Trinajstić information content (AvgIpc) is 2.40. The highest BCUT2D eigenvalue weighted by Gasteiger charge is 2.08. The summed E-state index contributed by atoms with van der Waals surface area (Å²) in [7, 11) is 0. The lowest BCUT2D eigenvalue weighted by Gasteiger charge is -2.08. The van der Waals surface area contributed by atoms with E-state index in [4.69, 9.17) is 5.73 Å². The van der Waals surface area contributed by atoms with Crippen LogP contribution in [0.15, 0.2) is 41.0 Å². The van der Waals surface area contributed by atoms with Gasteiger partial charge in [-0.15, -0.1) is 0 Å². The van der Waals surface area contributed by atoms with Gasteiger partial charge >= 0.3 is 0 Å². The molecule has 1 amide bonds. The zero-order valence-corrected chi connectivity index (χ0v) is 12.1. The molecular formula is C14H14BrN3O. The third-order valence-electron chi connectivity index (χ3n) is 2.79. The molecule has 0 spiro atoms. The fourth-order valence-electron chi connectivity index (χ4n) is 1.65. The third-order valence-corrected chi connectivity index (χ3v) is 3.51. The lowest BCUT2D eigenvalue weighted by Crippen LogP contribution is -2.23. The Balaban J connectivity index is 2.05. The number of aromatic nitrogens is 1. The lowest BCUT2D eigenvalue weighted by molar-refractivity contribution is 0.0950. The number of amides is 1. The maximum atomic E-state index is 12.0. The molecule has 1 heterocycles. The van der Waals surface area contributed by atoms with Gasteiger partial charge in [0.2, 0.25) is 0 Å². The zero-order valence-electron chi connectivity index (χ0n) is 10.5. The van der Waals surface area contributed by atoms with Gasteiger partial charge in [-0.1, -0.05) is 6.07 Å². The Kier molecular flexibility index (Phi) is 4.16. The fourth-order valence-corrected chi connectivity index (χ4v) is 1.90. The van der Waals surface area contributed by atoms with Gasteiger partial charge in [-0.3, -0.25) is 9.78 Å². The number of benzene rings is 1. The van der Waals surface area contributed by atoms with Crippen LogP contribution in [0.3, 0.4) is 0 Å². The van der Waals surface area contributed by atoms with Crippen molar-refractivity contribution in [3.05, 3.63) is 57.8 Å². The van der Waals surface area contributed by atoms with Crippen LogP contribution in [0, 0.1) is 6.92 Å². The molecule has 0 aliphatic rings. The monoisotopic (exact) mass is 319 g/mol. The summed E-state index contributed by atoms with van der Waals surface area (Å²) in [6.07, 6.45) is 1.71. The number of nitrogens with one attached hydrogen (secondary N) is 1. The van der Waals surface area contributed by atoms with E-state index in [-0.39, 0.29) is 5.91 Å². The van der Waals surface area contributed by atoms with Crippen molar-refractivity contribution >= 4 is 27.5 Å². The topological polar surface area (TPSA) is 68.0 Å². The predicted molar refractivity (Wildman–Crippen MR) is 78.7 cm³/mol. The number of rotatable bonds is 3. The van der Waals surface area contributed by atoms with Crippen LogP contribution in [-0.4, -0.2) is 10.9 Å². The van der Waals surface area contributed by atoms with E-state index in [1.165, 1.54) is 0 Å². The van der Waals surface area contributed by atoms with Gasteiger partial charge in [-0.2, -0.15) is 0 Å². The van der Waals surface area contributed by atoms with Crippen molar-refractivity contribution < 1.29 is 4.79 Å². The van der Waals surface area contributed by atoms with Gasteiger partial charge in [0.15, 0.2) is 0 Å².